The molecule has 17 heavy (non-hydrogen) atoms. The van der Waals surface area contributed by atoms with E-state index >= 15 is 0 Å². The highest BCUT2D eigenvalue weighted by atomic mass is 16.2. The van der Waals surface area contributed by atoms with Crippen LogP contribution in [0.4, 0.5) is 0 Å². The van der Waals surface area contributed by atoms with Crippen molar-refractivity contribution < 1.29 is 4.79 Å². The molecule has 0 spiro atoms. The van der Waals surface area contributed by atoms with Crippen LogP contribution in [-0.2, 0) is 4.79 Å². The summed E-state index contributed by atoms with van der Waals surface area (Å²) in [5, 5.41) is 0. The van der Waals surface area contributed by atoms with Crippen molar-refractivity contribution in [3.05, 3.63) is 12.7 Å². The monoisotopic (exact) mass is 239 g/mol. The molecular weight excluding hydrogens is 214 g/mol. The third kappa shape index (κ3) is 4.48. The highest BCUT2D eigenvalue weighted by molar-refractivity contribution is 5.86. The molecule has 0 radical (unpaired) electrons. The predicted octanol–water partition coefficient (Wildman–Crippen LogP) is 0.657. The lowest BCUT2D eigenvalue weighted by atomic mass is 10.0. The van der Waals surface area contributed by atoms with E-state index in [0.29, 0.717) is 6.04 Å². The minimum Gasteiger partial charge on any atom is -0.341 e. The van der Waals surface area contributed by atoms with Gasteiger partial charge >= 0.3 is 0 Å². The molecule has 98 valence electrons. The summed E-state index contributed by atoms with van der Waals surface area (Å²) in [6, 6.07) is 0.665. The molecule has 0 aliphatic carbocycles. The van der Waals surface area contributed by atoms with Crippen molar-refractivity contribution in [1.82, 2.24) is 14.7 Å². The van der Waals surface area contributed by atoms with Crippen LogP contribution in [0.2, 0.25) is 0 Å². The van der Waals surface area contributed by atoms with Crippen molar-refractivity contribution in [1.29, 1.82) is 0 Å². The Morgan fingerprint density at radius 3 is 2.47 bits per heavy atom. The third-order valence-corrected chi connectivity index (χ3v) is 3.65. The van der Waals surface area contributed by atoms with Gasteiger partial charge in [0.15, 0.2) is 0 Å². The van der Waals surface area contributed by atoms with Crippen LogP contribution in [0.5, 0.6) is 0 Å². The van der Waals surface area contributed by atoms with Crippen LogP contribution in [0.1, 0.15) is 12.8 Å². The van der Waals surface area contributed by atoms with E-state index in [-0.39, 0.29) is 5.91 Å². The van der Waals surface area contributed by atoms with Crippen molar-refractivity contribution in [2.45, 2.75) is 18.9 Å². The molecule has 1 aliphatic heterocycles. The minimum atomic E-state index is 0.00165. The first-order chi connectivity index (χ1) is 8.04. The number of carbonyl (C=O) groups is 1. The fourth-order valence-corrected chi connectivity index (χ4v) is 2.19. The Labute approximate surface area is 105 Å². The fraction of sp³-hybridized carbons (Fsp3) is 0.769. The molecule has 1 fully saturated rings. The summed E-state index contributed by atoms with van der Waals surface area (Å²) in [4.78, 5) is 17.8. The molecule has 1 heterocycles. The molecule has 4 heteroatoms. The van der Waals surface area contributed by atoms with E-state index in [0.717, 1.165) is 13.1 Å². The quantitative estimate of drug-likeness (QED) is 0.659. The molecule has 0 unspecified atom stereocenters. The number of piperidine rings is 1. The zero-order chi connectivity index (χ0) is 12.8. The number of nitrogens with zero attached hydrogens (tertiary/aromatic N) is 3. The molecule has 1 aliphatic rings. The molecule has 0 aromatic heterocycles. The SMILES string of the molecule is C=CC(=O)N(C)CCN(C)C1CCN(C)CC1. The van der Waals surface area contributed by atoms with Crippen LogP contribution in [0, 0.1) is 0 Å². The van der Waals surface area contributed by atoms with Gasteiger partial charge in [0.05, 0.1) is 0 Å². The molecule has 0 N–H and O–H groups in total. The van der Waals surface area contributed by atoms with Gasteiger partial charge in [-0.2, -0.15) is 0 Å². The van der Waals surface area contributed by atoms with Crippen LogP contribution in [0.25, 0.3) is 0 Å². The van der Waals surface area contributed by atoms with E-state index in [1.165, 1.54) is 32.0 Å². The van der Waals surface area contributed by atoms with Gasteiger partial charge in [-0.1, -0.05) is 6.58 Å². The van der Waals surface area contributed by atoms with Crippen LogP contribution in [-0.4, -0.2) is 74.0 Å². The summed E-state index contributed by atoms with van der Waals surface area (Å²) < 4.78 is 0. The Hall–Kier alpha value is -0.870. The first-order valence-corrected chi connectivity index (χ1v) is 6.31. The Balaban J connectivity index is 2.27. The number of amides is 1. The molecule has 1 saturated heterocycles. The highest BCUT2D eigenvalue weighted by Crippen LogP contribution is 2.13. The Morgan fingerprint density at radius 1 is 1.35 bits per heavy atom. The fourth-order valence-electron chi connectivity index (χ4n) is 2.19. The maximum Gasteiger partial charge on any atom is 0.245 e. The second-order valence-electron chi connectivity index (χ2n) is 4.98. The lowest BCUT2D eigenvalue weighted by molar-refractivity contribution is -0.125. The molecule has 0 aromatic rings. The maximum absolute atomic E-state index is 11.3. The zero-order valence-electron chi connectivity index (χ0n) is 11.4. The number of likely N-dealkylation sites (tertiary alicyclic amines) is 1. The Morgan fingerprint density at radius 2 is 1.94 bits per heavy atom. The predicted molar refractivity (Wildman–Crippen MR) is 71.0 cm³/mol. The lowest BCUT2D eigenvalue weighted by Crippen LogP contribution is -2.44. The number of likely N-dealkylation sites (N-methyl/N-ethyl adjacent to an activating group) is 2. The normalized spacial score (nSPS) is 18.4. The Kier molecular flexibility index (Phi) is 5.65. The van der Waals surface area contributed by atoms with Crippen LogP contribution in [0.15, 0.2) is 12.7 Å². The average molecular weight is 239 g/mol. The van der Waals surface area contributed by atoms with Gasteiger partial charge in [0.2, 0.25) is 5.91 Å². The second-order valence-corrected chi connectivity index (χ2v) is 4.98. The summed E-state index contributed by atoms with van der Waals surface area (Å²) in [6.45, 7) is 7.56. The van der Waals surface area contributed by atoms with Crippen molar-refractivity contribution >= 4 is 5.91 Å². The van der Waals surface area contributed by atoms with Gasteiger partial charge in [0.25, 0.3) is 0 Å². The topological polar surface area (TPSA) is 26.8 Å². The first-order valence-electron chi connectivity index (χ1n) is 6.31. The number of hydrogen-bond acceptors (Lipinski definition) is 3. The number of hydrogen-bond donors (Lipinski definition) is 0. The third-order valence-electron chi connectivity index (χ3n) is 3.65. The second kappa shape index (κ2) is 6.77. The van der Waals surface area contributed by atoms with Gasteiger partial charge in [-0.3, -0.25) is 4.79 Å². The van der Waals surface area contributed by atoms with E-state index in [1.807, 2.05) is 7.05 Å². The van der Waals surface area contributed by atoms with Crippen molar-refractivity contribution in [3.63, 3.8) is 0 Å². The number of carbonyl (C=O) groups excluding carboxylic acids is 1. The van der Waals surface area contributed by atoms with Crippen LogP contribution < -0.4 is 0 Å². The maximum atomic E-state index is 11.3. The van der Waals surface area contributed by atoms with Gasteiger partial charge in [-0.25, -0.2) is 0 Å². The zero-order valence-corrected chi connectivity index (χ0v) is 11.4. The van der Waals surface area contributed by atoms with Crippen LogP contribution >= 0.6 is 0 Å². The highest BCUT2D eigenvalue weighted by Gasteiger charge is 2.20. The molecule has 0 bridgehead atoms. The molecule has 0 saturated carbocycles. The molecule has 0 aromatic carbocycles. The number of rotatable bonds is 5. The molecule has 1 rings (SSSR count). The molecule has 1 amide bonds. The summed E-state index contributed by atoms with van der Waals surface area (Å²) in [7, 11) is 6.15. The first kappa shape index (κ1) is 14.2. The van der Waals surface area contributed by atoms with Crippen molar-refractivity contribution in [2.75, 3.05) is 47.3 Å². The largest absolute Gasteiger partial charge is 0.341 e. The van der Waals surface area contributed by atoms with E-state index in [2.05, 4.69) is 30.5 Å². The summed E-state index contributed by atoms with van der Waals surface area (Å²) in [6.07, 6.45) is 3.83. The summed E-state index contributed by atoms with van der Waals surface area (Å²) in [5.74, 6) is 0.00165. The minimum absolute atomic E-state index is 0.00165. The van der Waals surface area contributed by atoms with Gasteiger partial charge < -0.3 is 14.7 Å². The lowest BCUT2D eigenvalue weighted by Gasteiger charge is -2.35. The van der Waals surface area contributed by atoms with Gasteiger partial charge in [0, 0.05) is 26.2 Å². The van der Waals surface area contributed by atoms with Crippen LogP contribution in [0.3, 0.4) is 0 Å². The van der Waals surface area contributed by atoms with E-state index in [4.69, 9.17) is 0 Å². The van der Waals surface area contributed by atoms with E-state index < -0.39 is 0 Å². The van der Waals surface area contributed by atoms with Gasteiger partial charge in [-0.15, -0.1) is 0 Å². The molecule has 0 atom stereocenters. The molecular formula is C13H25N3O. The van der Waals surface area contributed by atoms with E-state index in [9.17, 15) is 4.79 Å². The van der Waals surface area contributed by atoms with E-state index in [1.54, 1.807) is 4.90 Å². The molecule has 4 nitrogen and oxygen atoms in total. The Bertz CT molecular complexity index is 259. The van der Waals surface area contributed by atoms with Gasteiger partial charge in [0.1, 0.15) is 0 Å². The standard InChI is InChI=1S/C13H25N3O/c1-5-13(17)16(4)11-10-15(3)12-6-8-14(2)9-7-12/h5,12H,1,6-11H2,2-4H3. The van der Waals surface area contributed by atoms with Crippen molar-refractivity contribution in [3.8, 4) is 0 Å². The smallest absolute Gasteiger partial charge is 0.245 e. The summed E-state index contributed by atoms with van der Waals surface area (Å²) in [5.41, 5.74) is 0. The average Bonchev–Trinajstić information content (AvgIpc) is 2.35. The van der Waals surface area contributed by atoms with Crippen molar-refractivity contribution in [2.24, 2.45) is 0 Å². The van der Waals surface area contributed by atoms with Gasteiger partial charge in [-0.05, 0) is 46.1 Å². The summed E-state index contributed by atoms with van der Waals surface area (Å²) >= 11 is 0.